The third-order valence-electron chi connectivity index (χ3n) is 3.26. The topological polar surface area (TPSA) is 18.0 Å². The Morgan fingerprint density at radius 2 is 1.56 bits per heavy atom. The molecule has 1 heterocycles. The Labute approximate surface area is 108 Å². The first-order valence-electron chi connectivity index (χ1n) is 6.20. The van der Waals surface area contributed by atoms with Gasteiger partial charge in [0.25, 0.3) is 0 Å². The van der Waals surface area contributed by atoms with E-state index in [9.17, 15) is 0 Å². The van der Waals surface area contributed by atoms with Gasteiger partial charge in [0.05, 0.1) is 0 Å². The van der Waals surface area contributed by atoms with Crippen molar-refractivity contribution >= 4 is 0 Å². The molecule has 0 radical (unpaired) electrons. The van der Waals surface area contributed by atoms with E-state index in [1.165, 1.54) is 11.1 Å². The smallest absolute Gasteiger partial charge is 0.131 e. The van der Waals surface area contributed by atoms with Gasteiger partial charge in [-0.2, -0.15) is 5.12 Å². The van der Waals surface area contributed by atoms with Gasteiger partial charge in [0.1, 0.15) is 6.17 Å². The van der Waals surface area contributed by atoms with Gasteiger partial charge in [-0.1, -0.05) is 60.7 Å². The molecule has 3 heteroatoms. The van der Waals surface area contributed by atoms with E-state index < -0.39 is 0 Å². The molecule has 1 saturated heterocycles. The SMILES string of the molecule is CN1C(c2ccccc2)N1NCc1ccccc1. The number of nitrogens with one attached hydrogen (secondary N) is 1. The van der Waals surface area contributed by atoms with Crippen molar-refractivity contribution in [3.05, 3.63) is 71.8 Å². The van der Waals surface area contributed by atoms with Gasteiger partial charge in [0.2, 0.25) is 0 Å². The molecule has 3 atom stereocenters. The molecule has 0 spiro atoms. The Bertz CT molecular complexity index is 498. The summed E-state index contributed by atoms with van der Waals surface area (Å²) in [4.78, 5) is 0. The molecule has 0 aromatic heterocycles. The number of hydrogen-bond donors (Lipinski definition) is 1. The van der Waals surface area contributed by atoms with Crippen LogP contribution in [0, 0.1) is 0 Å². The highest BCUT2D eigenvalue weighted by molar-refractivity contribution is 5.21. The molecule has 0 amide bonds. The van der Waals surface area contributed by atoms with E-state index in [-0.39, 0.29) is 0 Å². The van der Waals surface area contributed by atoms with Gasteiger partial charge in [-0.15, -0.1) is 0 Å². The van der Waals surface area contributed by atoms with Crippen LogP contribution < -0.4 is 5.43 Å². The lowest BCUT2D eigenvalue weighted by molar-refractivity contribution is 0.254. The van der Waals surface area contributed by atoms with Crippen LogP contribution in [0.5, 0.6) is 0 Å². The Hall–Kier alpha value is -1.68. The maximum Gasteiger partial charge on any atom is 0.131 e. The summed E-state index contributed by atoms with van der Waals surface area (Å²) in [5.41, 5.74) is 6.05. The van der Waals surface area contributed by atoms with Crippen molar-refractivity contribution in [2.45, 2.75) is 12.7 Å². The minimum absolute atomic E-state index is 0.356. The van der Waals surface area contributed by atoms with E-state index in [0.29, 0.717) is 6.17 Å². The van der Waals surface area contributed by atoms with E-state index in [2.05, 4.69) is 71.1 Å². The first-order valence-corrected chi connectivity index (χ1v) is 6.20. The van der Waals surface area contributed by atoms with E-state index in [1.54, 1.807) is 0 Å². The largest absolute Gasteiger partial charge is 0.235 e. The molecule has 2 aromatic rings. The van der Waals surface area contributed by atoms with Crippen molar-refractivity contribution in [1.29, 1.82) is 0 Å². The number of hydrazine groups is 2. The third kappa shape index (κ3) is 2.29. The highest BCUT2D eigenvalue weighted by Gasteiger charge is 2.42. The van der Waals surface area contributed by atoms with Gasteiger partial charge in [0.15, 0.2) is 0 Å². The molecular weight excluding hydrogens is 222 g/mol. The van der Waals surface area contributed by atoms with Gasteiger partial charge >= 0.3 is 0 Å². The predicted molar refractivity (Wildman–Crippen MR) is 72.1 cm³/mol. The minimum atomic E-state index is 0.356. The second-order valence-electron chi connectivity index (χ2n) is 4.52. The Kier molecular flexibility index (Phi) is 3.11. The second kappa shape index (κ2) is 4.90. The predicted octanol–water partition coefficient (Wildman–Crippen LogP) is 2.55. The van der Waals surface area contributed by atoms with E-state index >= 15 is 0 Å². The fourth-order valence-corrected chi connectivity index (χ4v) is 2.20. The summed E-state index contributed by atoms with van der Waals surface area (Å²) in [6.07, 6.45) is 0.356. The average Bonchev–Trinajstić information content (AvgIpc) is 3.09. The van der Waals surface area contributed by atoms with Gasteiger partial charge in [0, 0.05) is 13.6 Å². The Balaban J connectivity index is 1.60. The summed E-state index contributed by atoms with van der Waals surface area (Å²) in [7, 11) is 2.09. The quantitative estimate of drug-likeness (QED) is 0.827. The van der Waals surface area contributed by atoms with Crippen LogP contribution in [0.4, 0.5) is 0 Å². The second-order valence-corrected chi connectivity index (χ2v) is 4.52. The summed E-state index contributed by atoms with van der Waals surface area (Å²) < 4.78 is 0. The fourth-order valence-electron chi connectivity index (χ4n) is 2.20. The molecule has 1 fully saturated rings. The van der Waals surface area contributed by atoms with Crippen LogP contribution in [0.25, 0.3) is 0 Å². The van der Waals surface area contributed by atoms with Crippen LogP contribution in [0.1, 0.15) is 17.3 Å². The lowest BCUT2D eigenvalue weighted by Gasteiger charge is -2.05. The van der Waals surface area contributed by atoms with Gasteiger partial charge < -0.3 is 0 Å². The zero-order valence-corrected chi connectivity index (χ0v) is 10.5. The molecular formula is C15H17N3. The Morgan fingerprint density at radius 1 is 0.944 bits per heavy atom. The van der Waals surface area contributed by atoms with Crippen molar-refractivity contribution < 1.29 is 0 Å². The lowest BCUT2D eigenvalue weighted by atomic mass is 10.2. The Morgan fingerprint density at radius 3 is 2.22 bits per heavy atom. The summed E-state index contributed by atoms with van der Waals surface area (Å²) >= 11 is 0. The van der Waals surface area contributed by atoms with Crippen LogP contribution in [0.15, 0.2) is 60.7 Å². The van der Waals surface area contributed by atoms with Crippen LogP contribution in [-0.2, 0) is 6.54 Å². The van der Waals surface area contributed by atoms with Crippen molar-refractivity contribution in [3.63, 3.8) is 0 Å². The van der Waals surface area contributed by atoms with Crippen molar-refractivity contribution in [3.8, 4) is 0 Å². The normalized spacial score (nSPS) is 25.9. The number of nitrogens with zero attached hydrogens (tertiary/aromatic N) is 2. The minimum Gasteiger partial charge on any atom is -0.235 e. The van der Waals surface area contributed by atoms with Gasteiger partial charge in [-0.3, -0.25) is 0 Å². The first-order chi connectivity index (χ1) is 8.86. The summed E-state index contributed by atoms with van der Waals surface area (Å²) in [6, 6.07) is 21.0. The van der Waals surface area contributed by atoms with Crippen molar-refractivity contribution in [1.82, 2.24) is 15.6 Å². The van der Waals surface area contributed by atoms with Crippen LogP contribution in [0.2, 0.25) is 0 Å². The summed E-state index contributed by atoms with van der Waals surface area (Å²) in [5.74, 6) is 0. The molecule has 1 N–H and O–H groups in total. The molecule has 3 unspecified atom stereocenters. The summed E-state index contributed by atoms with van der Waals surface area (Å²) in [5, 5.41) is 4.35. The highest BCUT2D eigenvalue weighted by atomic mass is 16.0. The maximum absolute atomic E-state index is 3.43. The first kappa shape index (κ1) is 11.4. The van der Waals surface area contributed by atoms with Gasteiger partial charge in [-0.25, -0.2) is 10.4 Å². The third-order valence-corrected chi connectivity index (χ3v) is 3.26. The molecule has 0 bridgehead atoms. The van der Waals surface area contributed by atoms with Crippen molar-refractivity contribution in [2.75, 3.05) is 7.05 Å². The van der Waals surface area contributed by atoms with E-state index in [4.69, 9.17) is 0 Å². The fraction of sp³-hybridized carbons (Fsp3) is 0.200. The average molecular weight is 239 g/mol. The zero-order valence-electron chi connectivity index (χ0n) is 10.5. The maximum atomic E-state index is 3.43. The molecule has 1 aliphatic heterocycles. The molecule has 2 aromatic carbocycles. The molecule has 0 saturated carbocycles. The molecule has 3 nitrogen and oxygen atoms in total. The van der Waals surface area contributed by atoms with Crippen LogP contribution in [-0.4, -0.2) is 17.2 Å². The zero-order chi connectivity index (χ0) is 12.4. The molecule has 92 valence electrons. The summed E-state index contributed by atoms with van der Waals surface area (Å²) in [6.45, 7) is 0.856. The van der Waals surface area contributed by atoms with Crippen LogP contribution in [0.3, 0.4) is 0 Å². The number of hydrogen-bond acceptors (Lipinski definition) is 3. The standard InChI is InChI=1S/C15H17N3/c1-17-15(14-10-6-3-7-11-14)18(17)16-12-13-8-4-2-5-9-13/h2-11,15-16H,12H2,1H3. The van der Waals surface area contributed by atoms with Gasteiger partial charge in [-0.05, 0) is 11.1 Å². The number of rotatable bonds is 4. The number of benzene rings is 2. The lowest BCUT2D eigenvalue weighted by Crippen LogP contribution is -2.23. The molecule has 1 aliphatic rings. The van der Waals surface area contributed by atoms with Crippen LogP contribution >= 0.6 is 0 Å². The van der Waals surface area contributed by atoms with Crippen molar-refractivity contribution in [2.24, 2.45) is 0 Å². The van der Waals surface area contributed by atoms with E-state index in [1.807, 2.05) is 12.1 Å². The highest BCUT2D eigenvalue weighted by Crippen LogP contribution is 2.36. The molecule has 18 heavy (non-hydrogen) atoms. The molecule has 3 rings (SSSR count). The monoisotopic (exact) mass is 239 g/mol. The molecule has 0 aliphatic carbocycles. The van der Waals surface area contributed by atoms with E-state index in [0.717, 1.165) is 6.54 Å².